The SMILES string of the molecule is CC(C)C[C@H](N)C(=O)N[C@@H](C)C(=O)N[C@@H](CCC(N)=O)C(=O)N[C@@H](C)C(=O)N[C@H](C(=O)N[C@H](C(=O)N[C@@H](CO)C(=O)N[C@@H](C)C(=O)O)C(C)C)C(C)C. The zero-order chi connectivity index (χ0) is 41.3. The standard InChI is InChI=1S/C33H59N9O11/c1-14(2)12-20(34)28(47)36-17(7)26(45)39-21(10-11-23(35)44)29(48)37-18(8)27(46)41-25(16(5)6)32(51)42-24(15(3)4)31(50)40-22(13-43)30(49)38-19(9)33(52)53/h14-22,24-25,43H,10-13,34H2,1-9H3,(H2,35,44)(H,36,47)(H,37,48)(H,38,49)(H,39,45)(H,40,50)(H,41,46)(H,42,51)(H,52,53)/t17-,18-,19-,20-,21-,22-,24-,25-/m0/s1. The number of aliphatic hydroxyl groups excluding tert-OH is 1. The Morgan fingerprint density at radius 1 is 0.528 bits per heavy atom. The second-order valence-electron chi connectivity index (χ2n) is 14.0. The molecule has 13 N–H and O–H groups in total. The Bertz CT molecular complexity index is 1330. The molecule has 20 nitrogen and oxygen atoms in total. The van der Waals surface area contributed by atoms with Gasteiger partial charge in [0.2, 0.25) is 47.3 Å². The van der Waals surface area contributed by atoms with Crippen LogP contribution in [0.15, 0.2) is 0 Å². The molecular weight excluding hydrogens is 698 g/mol. The first-order chi connectivity index (χ1) is 24.4. The number of hydrogen-bond donors (Lipinski definition) is 11. The van der Waals surface area contributed by atoms with Gasteiger partial charge in [-0.1, -0.05) is 41.5 Å². The summed E-state index contributed by atoms with van der Waals surface area (Å²) in [5, 5.41) is 35.5. The highest BCUT2D eigenvalue weighted by Gasteiger charge is 2.34. The van der Waals surface area contributed by atoms with E-state index in [1.807, 2.05) is 13.8 Å². The molecule has 0 heterocycles. The van der Waals surface area contributed by atoms with Gasteiger partial charge >= 0.3 is 5.97 Å². The minimum absolute atomic E-state index is 0.125. The molecule has 0 spiro atoms. The summed E-state index contributed by atoms with van der Waals surface area (Å²) >= 11 is 0. The Hall–Kier alpha value is -4.85. The maximum atomic E-state index is 13.4. The van der Waals surface area contributed by atoms with E-state index in [0.717, 1.165) is 0 Å². The molecule has 0 saturated carbocycles. The number of aliphatic carboxylic acids is 1. The van der Waals surface area contributed by atoms with E-state index in [-0.39, 0.29) is 18.8 Å². The Kier molecular flexibility index (Phi) is 20.8. The Labute approximate surface area is 309 Å². The third-order valence-corrected chi connectivity index (χ3v) is 7.92. The fraction of sp³-hybridized carbons (Fsp3) is 0.727. The molecule has 302 valence electrons. The fourth-order valence-electron chi connectivity index (χ4n) is 4.66. The van der Waals surface area contributed by atoms with Gasteiger partial charge in [0.15, 0.2) is 0 Å². The lowest BCUT2D eigenvalue weighted by Crippen LogP contribution is -2.61. The van der Waals surface area contributed by atoms with Gasteiger partial charge < -0.3 is 58.9 Å². The van der Waals surface area contributed by atoms with Crippen molar-refractivity contribution in [2.75, 3.05) is 6.61 Å². The molecule has 0 fully saturated rings. The summed E-state index contributed by atoms with van der Waals surface area (Å²) in [6, 6.07) is -9.93. The normalized spacial score (nSPS) is 15.7. The maximum Gasteiger partial charge on any atom is 0.325 e. The number of nitrogens with one attached hydrogen (secondary N) is 7. The number of carbonyl (C=O) groups excluding carboxylic acids is 8. The summed E-state index contributed by atoms with van der Waals surface area (Å²) in [5.74, 6) is -8.71. The molecule has 0 bridgehead atoms. The lowest BCUT2D eigenvalue weighted by atomic mass is 9.99. The Morgan fingerprint density at radius 3 is 1.36 bits per heavy atom. The molecule has 0 aromatic rings. The van der Waals surface area contributed by atoms with Crippen LogP contribution in [0, 0.1) is 17.8 Å². The van der Waals surface area contributed by atoms with Crippen LogP contribution < -0.4 is 48.7 Å². The number of carboxylic acids is 1. The van der Waals surface area contributed by atoms with Crippen LogP contribution in [-0.2, 0) is 43.2 Å². The van der Waals surface area contributed by atoms with Gasteiger partial charge in [-0.3, -0.25) is 43.2 Å². The fourth-order valence-corrected chi connectivity index (χ4v) is 4.66. The molecule has 0 saturated heterocycles. The van der Waals surface area contributed by atoms with Gasteiger partial charge in [0.1, 0.15) is 42.3 Å². The van der Waals surface area contributed by atoms with E-state index in [2.05, 4.69) is 37.2 Å². The first kappa shape index (κ1) is 48.1. The number of primary amides is 1. The van der Waals surface area contributed by atoms with E-state index < -0.39 is 120 Å². The summed E-state index contributed by atoms with van der Waals surface area (Å²) in [6.45, 7) is 13.2. The zero-order valence-corrected chi connectivity index (χ0v) is 31.9. The van der Waals surface area contributed by atoms with Gasteiger partial charge in [-0.05, 0) is 51.4 Å². The molecule has 0 aliphatic carbocycles. The number of hydrogen-bond acceptors (Lipinski definition) is 11. The molecule has 0 unspecified atom stereocenters. The van der Waals surface area contributed by atoms with E-state index in [1.165, 1.54) is 20.8 Å². The van der Waals surface area contributed by atoms with Crippen molar-refractivity contribution >= 4 is 53.2 Å². The highest BCUT2D eigenvalue weighted by atomic mass is 16.4. The topological polar surface area (TPSA) is 330 Å². The largest absolute Gasteiger partial charge is 0.480 e. The summed E-state index contributed by atoms with van der Waals surface area (Å²) < 4.78 is 0. The molecule has 0 aliphatic heterocycles. The van der Waals surface area contributed by atoms with Crippen LogP contribution in [0.3, 0.4) is 0 Å². The van der Waals surface area contributed by atoms with Gasteiger partial charge in [-0.25, -0.2) is 0 Å². The van der Waals surface area contributed by atoms with Crippen LogP contribution in [-0.4, -0.2) is 118 Å². The average Bonchev–Trinajstić information content (AvgIpc) is 3.04. The Morgan fingerprint density at radius 2 is 0.925 bits per heavy atom. The van der Waals surface area contributed by atoms with Crippen molar-refractivity contribution in [1.82, 2.24) is 37.2 Å². The zero-order valence-electron chi connectivity index (χ0n) is 31.9. The smallest absolute Gasteiger partial charge is 0.325 e. The number of aliphatic hydroxyl groups is 1. The molecule has 8 atom stereocenters. The third-order valence-electron chi connectivity index (χ3n) is 7.92. The number of nitrogens with two attached hydrogens (primary N) is 2. The van der Waals surface area contributed by atoms with Gasteiger partial charge in [-0.2, -0.15) is 0 Å². The van der Waals surface area contributed by atoms with E-state index in [9.17, 15) is 48.3 Å². The minimum atomic E-state index is -1.53. The molecule has 0 aliphatic rings. The van der Waals surface area contributed by atoms with Crippen LogP contribution in [0.2, 0.25) is 0 Å². The quantitative estimate of drug-likeness (QED) is 0.0483. The van der Waals surface area contributed by atoms with Crippen molar-refractivity contribution in [3.8, 4) is 0 Å². The van der Waals surface area contributed by atoms with Crippen molar-refractivity contribution in [2.45, 2.75) is 130 Å². The van der Waals surface area contributed by atoms with E-state index in [0.29, 0.717) is 6.42 Å². The molecule has 0 aromatic heterocycles. The number of carbonyl (C=O) groups is 9. The second kappa shape index (κ2) is 22.9. The van der Waals surface area contributed by atoms with Crippen molar-refractivity contribution in [3.05, 3.63) is 0 Å². The van der Waals surface area contributed by atoms with Crippen molar-refractivity contribution < 1.29 is 53.4 Å². The molecule has 8 amide bonds. The lowest BCUT2D eigenvalue weighted by molar-refractivity contribution is -0.142. The van der Waals surface area contributed by atoms with Crippen LogP contribution in [0.5, 0.6) is 0 Å². The summed E-state index contributed by atoms with van der Waals surface area (Å²) in [6.07, 6.45) is -0.162. The van der Waals surface area contributed by atoms with Crippen LogP contribution in [0.25, 0.3) is 0 Å². The van der Waals surface area contributed by atoms with Crippen molar-refractivity contribution in [2.24, 2.45) is 29.2 Å². The molecule has 0 radical (unpaired) electrons. The van der Waals surface area contributed by atoms with Crippen LogP contribution in [0.1, 0.15) is 81.6 Å². The molecule has 0 rings (SSSR count). The highest BCUT2D eigenvalue weighted by molar-refractivity contribution is 5.97. The minimum Gasteiger partial charge on any atom is -0.480 e. The third kappa shape index (κ3) is 17.5. The number of amides is 8. The maximum absolute atomic E-state index is 13.4. The first-order valence-corrected chi connectivity index (χ1v) is 17.4. The van der Waals surface area contributed by atoms with E-state index >= 15 is 0 Å². The second-order valence-corrected chi connectivity index (χ2v) is 14.0. The first-order valence-electron chi connectivity index (χ1n) is 17.4. The van der Waals surface area contributed by atoms with Crippen molar-refractivity contribution in [1.29, 1.82) is 0 Å². The molecule has 53 heavy (non-hydrogen) atoms. The molecular formula is C33H59N9O11. The molecule has 20 heteroatoms. The van der Waals surface area contributed by atoms with Gasteiger partial charge in [0, 0.05) is 6.42 Å². The average molecular weight is 758 g/mol. The van der Waals surface area contributed by atoms with Crippen molar-refractivity contribution in [3.63, 3.8) is 0 Å². The predicted molar refractivity (Wildman–Crippen MR) is 191 cm³/mol. The van der Waals surface area contributed by atoms with Gasteiger partial charge in [0.05, 0.1) is 12.6 Å². The summed E-state index contributed by atoms with van der Waals surface area (Å²) in [5.41, 5.74) is 11.1. The predicted octanol–water partition coefficient (Wildman–Crippen LogP) is -3.53. The Balaban J connectivity index is 5.72. The monoisotopic (exact) mass is 757 g/mol. The lowest BCUT2D eigenvalue weighted by Gasteiger charge is -2.29. The summed E-state index contributed by atoms with van der Waals surface area (Å²) in [4.78, 5) is 113. The van der Waals surface area contributed by atoms with Crippen LogP contribution >= 0.6 is 0 Å². The highest BCUT2D eigenvalue weighted by Crippen LogP contribution is 2.09. The van der Waals surface area contributed by atoms with E-state index in [1.54, 1.807) is 27.7 Å². The van der Waals surface area contributed by atoms with E-state index in [4.69, 9.17) is 16.6 Å². The van der Waals surface area contributed by atoms with Gasteiger partial charge in [-0.15, -0.1) is 0 Å². The number of carboxylic acid groups (broad SMARTS) is 1. The summed E-state index contributed by atoms with van der Waals surface area (Å²) in [7, 11) is 0. The van der Waals surface area contributed by atoms with Crippen LogP contribution in [0.4, 0.5) is 0 Å². The molecule has 0 aromatic carbocycles. The van der Waals surface area contributed by atoms with Gasteiger partial charge in [0.25, 0.3) is 0 Å². The number of rotatable bonds is 23.